The van der Waals surface area contributed by atoms with Crippen LogP contribution < -0.4 is 9.47 Å². The molecular formula is C20H27N3O3S. The van der Waals surface area contributed by atoms with Crippen molar-refractivity contribution in [3.63, 3.8) is 0 Å². The van der Waals surface area contributed by atoms with E-state index in [0.29, 0.717) is 29.2 Å². The van der Waals surface area contributed by atoms with Gasteiger partial charge in [0.1, 0.15) is 11.5 Å². The molecule has 1 aliphatic carbocycles. The molecule has 6 nitrogen and oxygen atoms in total. The second kappa shape index (κ2) is 8.02. The van der Waals surface area contributed by atoms with Crippen LogP contribution in [-0.4, -0.2) is 41.5 Å². The topological polar surface area (TPSA) is 52.7 Å². The Morgan fingerprint density at radius 2 is 1.96 bits per heavy atom. The summed E-state index contributed by atoms with van der Waals surface area (Å²) in [4.78, 5) is 2.95. The highest BCUT2D eigenvalue weighted by Gasteiger charge is 2.33. The van der Waals surface area contributed by atoms with Crippen molar-refractivity contribution in [3.05, 3.63) is 23.0 Å². The van der Waals surface area contributed by atoms with E-state index in [-0.39, 0.29) is 0 Å². The summed E-state index contributed by atoms with van der Waals surface area (Å²) in [6.07, 6.45) is 7.97. The van der Waals surface area contributed by atoms with E-state index < -0.39 is 0 Å². The van der Waals surface area contributed by atoms with Crippen LogP contribution in [0.3, 0.4) is 0 Å². The Labute approximate surface area is 165 Å². The molecule has 2 aliphatic rings. The average Bonchev–Trinajstić information content (AvgIpc) is 3.08. The van der Waals surface area contributed by atoms with Gasteiger partial charge in [0.25, 0.3) is 10.7 Å². The Hall–Kier alpha value is -1.86. The zero-order chi connectivity index (χ0) is 18.8. The number of nitrogens with zero attached hydrogens (tertiary/aromatic N) is 3. The van der Waals surface area contributed by atoms with Gasteiger partial charge in [-0.2, -0.15) is 0 Å². The van der Waals surface area contributed by atoms with Gasteiger partial charge in [-0.3, -0.25) is 4.90 Å². The smallest absolute Gasteiger partial charge is 0.288 e. The summed E-state index contributed by atoms with van der Waals surface area (Å²) < 4.78 is 18.4. The van der Waals surface area contributed by atoms with Crippen LogP contribution in [0.5, 0.6) is 11.5 Å². The van der Waals surface area contributed by atoms with Gasteiger partial charge in [0.05, 0.1) is 26.5 Å². The lowest BCUT2D eigenvalue weighted by Crippen LogP contribution is -2.47. The Balaban J connectivity index is 1.58. The van der Waals surface area contributed by atoms with Crippen LogP contribution in [0.4, 0.5) is 0 Å². The van der Waals surface area contributed by atoms with E-state index in [9.17, 15) is 0 Å². The van der Waals surface area contributed by atoms with Gasteiger partial charge in [0.15, 0.2) is 0 Å². The predicted molar refractivity (Wildman–Crippen MR) is 106 cm³/mol. The number of hydrogen-bond acceptors (Lipinski definition) is 6. The summed E-state index contributed by atoms with van der Waals surface area (Å²) in [5, 5.41) is 4.66. The quantitative estimate of drug-likeness (QED) is 0.702. The van der Waals surface area contributed by atoms with Crippen molar-refractivity contribution < 1.29 is 13.9 Å². The first-order chi connectivity index (χ1) is 13.2. The number of benzene rings is 1. The first-order valence-electron chi connectivity index (χ1n) is 9.74. The van der Waals surface area contributed by atoms with Crippen LogP contribution in [0.15, 0.2) is 22.6 Å². The molecule has 2 atom stereocenters. The zero-order valence-corrected chi connectivity index (χ0v) is 16.8. The molecule has 0 N–H and O–H groups in total. The first kappa shape index (κ1) is 18.5. The summed E-state index contributed by atoms with van der Waals surface area (Å²) >= 11 is 5.46. The Morgan fingerprint density at radius 1 is 1.15 bits per heavy atom. The normalized spacial score (nSPS) is 23.0. The van der Waals surface area contributed by atoms with Crippen molar-refractivity contribution >= 4 is 12.2 Å². The van der Waals surface area contributed by atoms with Crippen molar-refractivity contribution in [2.24, 2.45) is 5.92 Å². The van der Waals surface area contributed by atoms with Crippen LogP contribution >= 0.6 is 12.2 Å². The molecular weight excluding hydrogens is 362 g/mol. The van der Waals surface area contributed by atoms with E-state index in [2.05, 4.69) is 10.00 Å². The summed E-state index contributed by atoms with van der Waals surface area (Å²) in [6.45, 7) is 1.80. The van der Waals surface area contributed by atoms with E-state index in [1.54, 1.807) is 14.2 Å². The number of rotatable bonds is 5. The third-order valence-corrected chi connectivity index (χ3v) is 6.21. The standard InChI is InChI=1S/C20H27N3O3S/c1-24-15-9-10-16(18(12-15)25-2)19-21-23(20(27)26-19)13-22-11-5-7-14-6-3-4-8-17(14)22/h9-10,12,14,17H,3-8,11,13H2,1-2H3/t14-,17-/m0/s1. The summed E-state index contributed by atoms with van der Waals surface area (Å²) in [7, 11) is 3.26. The fourth-order valence-corrected chi connectivity index (χ4v) is 4.73. The maximum atomic E-state index is 5.81. The molecule has 1 aromatic carbocycles. The van der Waals surface area contributed by atoms with Gasteiger partial charge in [-0.05, 0) is 56.0 Å². The maximum absolute atomic E-state index is 5.81. The Morgan fingerprint density at radius 3 is 2.78 bits per heavy atom. The van der Waals surface area contributed by atoms with Crippen LogP contribution in [0.1, 0.15) is 38.5 Å². The van der Waals surface area contributed by atoms with Gasteiger partial charge in [-0.25, -0.2) is 4.68 Å². The Kier molecular flexibility index (Phi) is 5.50. The third-order valence-electron chi connectivity index (χ3n) is 5.92. The number of piperidine rings is 1. The van der Waals surface area contributed by atoms with Gasteiger partial charge < -0.3 is 13.9 Å². The molecule has 0 unspecified atom stereocenters. The molecule has 4 rings (SSSR count). The van der Waals surface area contributed by atoms with E-state index in [1.165, 1.54) is 38.5 Å². The zero-order valence-electron chi connectivity index (χ0n) is 16.0. The molecule has 0 bridgehead atoms. The summed E-state index contributed by atoms with van der Waals surface area (Å²) in [5.74, 6) is 2.69. The molecule has 1 aliphatic heterocycles. The molecule has 1 saturated carbocycles. The molecule has 0 spiro atoms. The van der Waals surface area contributed by atoms with Gasteiger partial charge in [-0.15, -0.1) is 5.10 Å². The molecule has 2 aromatic rings. The van der Waals surface area contributed by atoms with Crippen LogP contribution in [0, 0.1) is 10.8 Å². The number of aromatic nitrogens is 2. The number of fused-ring (bicyclic) bond motifs is 1. The van der Waals surface area contributed by atoms with Crippen molar-refractivity contribution in [2.45, 2.75) is 51.2 Å². The van der Waals surface area contributed by atoms with E-state index in [0.717, 1.165) is 23.8 Å². The molecule has 1 aromatic heterocycles. The van der Waals surface area contributed by atoms with Gasteiger partial charge in [0, 0.05) is 18.7 Å². The molecule has 2 fully saturated rings. The van der Waals surface area contributed by atoms with Gasteiger partial charge >= 0.3 is 0 Å². The highest BCUT2D eigenvalue weighted by molar-refractivity contribution is 7.71. The lowest BCUT2D eigenvalue weighted by atomic mass is 9.78. The lowest BCUT2D eigenvalue weighted by Gasteiger charge is -2.43. The summed E-state index contributed by atoms with van der Waals surface area (Å²) in [6, 6.07) is 6.24. The molecule has 7 heteroatoms. The summed E-state index contributed by atoms with van der Waals surface area (Å²) in [5.41, 5.74) is 0.775. The minimum atomic E-state index is 0.404. The second-order valence-corrected chi connectivity index (χ2v) is 7.80. The lowest BCUT2D eigenvalue weighted by molar-refractivity contribution is 0.0318. The monoisotopic (exact) mass is 389 g/mol. The minimum Gasteiger partial charge on any atom is -0.497 e. The van der Waals surface area contributed by atoms with Crippen molar-refractivity contribution in [1.29, 1.82) is 0 Å². The SMILES string of the molecule is COc1ccc(-c2nn(CN3CCC[C@@H]4CCCC[C@@H]43)c(=S)o2)c(OC)c1. The van der Waals surface area contributed by atoms with Crippen LogP contribution in [0.2, 0.25) is 0 Å². The number of ether oxygens (including phenoxy) is 2. The molecule has 27 heavy (non-hydrogen) atoms. The number of hydrogen-bond donors (Lipinski definition) is 0. The molecule has 0 amide bonds. The minimum absolute atomic E-state index is 0.404. The molecule has 146 valence electrons. The third kappa shape index (κ3) is 3.75. The first-order valence-corrected chi connectivity index (χ1v) is 10.1. The highest BCUT2D eigenvalue weighted by Crippen LogP contribution is 2.36. The van der Waals surface area contributed by atoms with Gasteiger partial charge in [-0.1, -0.05) is 12.8 Å². The Bertz CT molecular complexity index is 845. The molecule has 2 heterocycles. The van der Waals surface area contributed by atoms with Crippen molar-refractivity contribution in [1.82, 2.24) is 14.7 Å². The van der Waals surface area contributed by atoms with E-state index >= 15 is 0 Å². The molecule has 1 saturated heterocycles. The predicted octanol–water partition coefficient (Wildman–Crippen LogP) is 4.50. The van der Waals surface area contributed by atoms with Gasteiger partial charge in [0.2, 0.25) is 0 Å². The maximum Gasteiger partial charge on any atom is 0.288 e. The van der Waals surface area contributed by atoms with Crippen molar-refractivity contribution in [2.75, 3.05) is 20.8 Å². The van der Waals surface area contributed by atoms with Crippen molar-refractivity contribution in [3.8, 4) is 23.0 Å². The fourth-order valence-electron chi connectivity index (χ4n) is 4.56. The number of likely N-dealkylation sites (tertiary alicyclic amines) is 1. The largest absolute Gasteiger partial charge is 0.497 e. The second-order valence-electron chi connectivity index (χ2n) is 7.45. The van der Waals surface area contributed by atoms with E-state index in [4.69, 9.17) is 26.1 Å². The van der Waals surface area contributed by atoms with Crippen LogP contribution in [-0.2, 0) is 6.67 Å². The van der Waals surface area contributed by atoms with Crippen LogP contribution in [0.25, 0.3) is 11.5 Å². The fraction of sp³-hybridized carbons (Fsp3) is 0.600. The number of methoxy groups -OCH3 is 2. The highest BCUT2D eigenvalue weighted by atomic mass is 32.1. The average molecular weight is 390 g/mol. The molecule has 0 radical (unpaired) electrons. The van der Waals surface area contributed by atoms with E-state index in [1.807, 2.05) is 22.9 Å².